The highest BCUT2D eigenvalue weighted by atomic mass is 32.2. The number of hydrogen-bond acceptors (Lipinski definition) is 4. The summed E-state index contributed by atoms with van der Waals surface area (Å²) in [5.74, 6) is 3.02. The van der Waals surface area contributed by atoms with Crippen molar-refractivity contribution in [2.45, 2.75) is 49.0 Å². The van der Waals surface area contributed by atoms with E-state index in [-0.39, 0.29) is 10.4 Å². The topological polar surface area (TPSA) is 55.8 Å². The van der Waals surface area contributed by atoms with Gasteiger partial charge in [-0.1, -0.05) is 0 Å². The zero-order valence-corrected chi connectivity index (χ0v) is 16.0. The van der Waals surface area contributed by atoms with Crippen LogP contribution >= 0.6 is 0 Å². The second-order valence-electron chi connectivity index (χ2n) is 8.13. The summed E-state index contributed by atoms with van der Waals surface area (Å²) in [5.41, 5.74) is -0.210. The van der Waals surface area contributed by atoms with Gasteiger partial charge in [-0.25, -0.2) is 8.42 Å². The lowest BCUT2D eigenvalue weighted by Gasteiger charge is -2.59. The van der Waals surface area contributed by atoms with E-state index in [9.17, 15) is 8.42 Å². The van der Waals surface area contributed by atoms with Gasteiger partial charge in [0.1, 0.15) is 16.4 Å². The monoisotopic (exact) mass is 365 g/mol. The molecule has 4 aliphatic rings. The molecule has 0 unspecified atom stereocenters. The maximum absolute atomic E-state index is 13.4. The van der Waals surface area contributed by atoms with E-state index in [1.165, 1.54) is 26.4 Å². The van der Waals surface area contributed by atoms with Crippen molar-refractivity contribution in [3.8, 4) is 11.5 Å². The predicted octanol–water partition coefficient (Wildman–Crippen LogP) is 3.29. The minimum atomic E-state index is -3.62. The van der Waals surface area contributed by atoms with Crippen LogP contribution in [0.25, 0.3) is 0 Å². The molecule has 0 atom stereocenters. The van der Waals surface area contributed by atoms with E-state index in [1.807, 2.05) is 0 Å². The highest BCUT2D eigenvalue weighted by Gasteiger charge is 2.55. The molecule has 0 amide bonds. The van der Waals surface area contributed by atoms with Crippen LogP contribution in [0.1, 0.15) is 38.5 Å². The van der Waals surface area contributed by atoms with Gasteiger partial charge in [-0.05, 0) is 68.4 Å². The molecule has 4 aliphatic carbocycles. The van der Waals surface area contributed by atoms with Gasteiger partial charge in [-0.15, -0.1) is 0 Å². The van der Waals surface area contributed by atoms with Crippen LogP contribution in [0, 0.1) is 17.8 Å². The lowest BCUT2D eigenvalue weighted by Crippen LogP contribution is -2.60. The molecule has 4 bridgehead atoms. The van der Waals surface area contributed by atoms with E-state index in [2.05, 4.69) is 0 Å². The molecule has 0 heterocycles. The molecule has 1 aromatic carbocycles. The van der Waals surface area contributed by atoms with E-state index < -0.39 is 10.0 Å². The van der Waals surface area contributed by atoms with Crippen LogP contribution in [0.4, 0.5) is 0 Å². The fourth-order valence-electron chi connectivity index (χ4n) is 5.84. The molecule has 4 fully saturated rings. The van der Waals surface area contributed by atoms with Crippen molar-refractivity contribution in [1.29, 1.82) is 0 Å². The summed E-state index contributed by atoms with van der Waals surface area (Å²) in [6.45, 7) is 0. The lowest BCUT2D eigenvalue weighted by atomic mass is 9.53. The van der Waals surface area contributed by atoms with E-state index in [0.29, 0.717) is 29.3 Å². The van der Waals surface area contributed by atoms with Gasteiger partial charge in [0, 0.05) is 18.7 Å². The van der Waals surface area contributed by atoms with E-state index in [0.717, 1.165) is 19.3 Å². The van der Waals surface area contributed by atoms with Crippen molar-refractivity contribution in [3.05, 3.63) is 18.2 Å². The van der Waals surface area contributed by atoms with E-state index in [1.54, 1.807) is 36.7 Å². The Morgan fingerprint density at radius 2 is 1.56 bits per heavy atom. The van der Waals surface area contributed by atoms with Crippen molar-refractivity contribution in [1.82, 2.24) is 4.31 Å². The van der Waals surface area contributed by atoms with Crippen LogP contribution in [-0.2, 0) is 10.0 Å². The van der Waals surface area contributed by atoms with Crippen LogP contribution in [0.5, 0.6) is 11.5 Å². The third kappa shape index (κ3) is 2.65. The Kier molecular flexibility index (Phi) is 4.03. The molecule has 25 heavy (non-hydrogen) atoms. The first kappa shape index (κ1) is 17.2. The minimum Gasteiger partial charge on any atom is -0.497 e. The van der Waals surface area contributed by atoms with Crippen LogP contribution in [0.3, 0.4) is 0 Å². The van der Waals surface area contributed by atoms with Crippen LogP contribution < -0.4 is 9.47 Å². The molecule has 0 aromatic heterocycles. The molecule has 5 rings (SSSR count). The number of hydrogen-bond donors (Lipinski definition) is 0. The van der Waals surface area contributed by atoms with Crippen LogP contribution in [0.2, 0.25) is 0 Å². The van der Waals surface area contributed by atoms with Gasteiger partial charge in [0.15, 0.2) is 0 Å². The first-order chi connectivity index (χ1) is 11.9. The highest BCUT2D eigenvalue weighted by Crippen LogP contribution is 2.58. The summed E-state index contributed by atoms with van der Waals surface area (Å²) < 4.78 is 39.1. The standard InChI is InChI=1S/C19H27NO4S/c1-20(19-10-13-6-14(11-19)8-15(7-13)12-19)25(21,22)18-5-4-16(23-2)9-17(18)24-3/h4-5,9,13-15H,6-8,10-12H2,1-3H3. The molecule has 6 heteroatoms. The summed E-state index contributed by atoms with van der Waals surface area (Å²) in [7, 11) is 1.21. The average molecular weight is 365 g/mol. The highest BCUT2D eigenvalue weighted by molar-refractivity contribution is 7.89. The van der Waals surface area contributed by atoms with Crippen molar-refractivity contribution >= 4 is 10.0 Å². The smallest absolute Gasteiger partial charge is 0.247 e. The second kappa shape index (κ2) is 5.88. The predicted molar refractivity (Wildman–Crippen MR) is 95.4 cm³/mol. The summed E-state index contributed by atoms with van der Waals surface area (Å²) in [5, 5.41) is 0. The van der Waals surface area contributed by atoms with Crippen molar-refractivity contribution < 1.29 is 17.9 Å². The summed E-state index contributed by atoms with van der Waals surface area (Å²) >= 11 is 0. The van der Waals surface area contributed by atoms with Gasteiger partial charge in [0.05, 0.1) is 14.2 Å². The molecular weight excluding hydrogens is 338 g/mol. The number of rotatable bonds is 5. The number of benzene rings is 1. The van der Waals surface area contributed by atoms with Crippen molar-refractivity contribution in [2.24, 2.45) is 17.8 Å². The molecular formula is C19H27NO4S. The largest absolute Gasteiger partial charge is 0.497 e. The summed E-state index contributed by atoms with van der Waals surface area (Å²) in [4.78, 5) is 0.231. The first-order valence-electron chi connectivity index (χ1n) is 9.09. The van der Waals surface area contributed by atoms with Crippen molar-refractivity contribution in [2.75, 3.05) is 21.3 Å². The fourth-order valence-corrected chi connectivity index (χ4v) is 7.51. The van der Waals surface area contributed by atoms with Gasteiger partial charge >= 0.3 is 0 Å². The SMILES string of the molecule is COc1ccc(S(=O)(=O)N(C)C23CC4CC(CC(C4)C2)C3)c(OC)c1. The molecule has 0 aliphatic heterocycles. The Balaban J connectivity index is 1.71. The molecule has 5 nitrogen and oxygen atoms in total. The Bertz CT molecular complexity index is 738. The molecule has 0 N–H and O–H groups in total. The summed E-state index contributed by atoms with van der Waals surface area (Å²) in [6, 6.07) is 4.92. The zero-order valence-electron chi connectivity index (χ0n) is 15.2. The normalized spacial score (nSPS) is 33.7. The molecule has 0 spiro atoms. The maximum atomic E-state index is 13.4. The van der Waals surface area contributed by atoms with Gasteiger partial charge in [-0.3, -0.25) is 0 Å². The third-order valence-corrected chi connectivity index (χ3v) is 8.68. The number of sulfonamides is 1. The summed E-state index contributed by atoms with van der Waals surface area (Å²) in [6.07, 6.45) is 6.89. The number of ether oxygens (including phenoxy) is 2. The van der Waals surface area contributed by atoms with Gasteiger partial charge in [-0.2, -0.15) is 4.31 Å². The van der Waals surface area contributed by atoms with Gasteiger partial charge < -0.3 is 9.47 Å². The van der Waals surface area contributed by atoms with Crippen LogP contribution in [-0.4, -0.2) is 39.5 Å². The first-order valence-corrected chi connectivity index (χ1v) is 10.5. The number of nitrogens with zero attached hydrogens (tertiary/aromatic N) is 1. The van der Waals surface area contributed by atoms with Gasteiger partial charge in [0.25, 0.3) is 0 Å². The van der Waals surface area contributed by atoms with Crippen LogP contribution in [0.15, 0.2) is 23.1 Å². The van der Waals surface area contributed by atoms with E-state index in [4.69, 9.17) is 9.47 Å². The lowest BCUT2D eigenvalue weighted by molar-refractivity contribution is -0.0496. The Morgan fingerprint density at radius 3 is 2.04 bits per heavy atom. The Morgan fingerprint density at radius 1 is 1.00 bits per heavy atom. The quantitative estimate of drug-likeness (QED) is 0.803. The van der Waals surface area contributed by atoms with E-state index >= 15 is 0 Å². The molecule has 1 aromatic rings. The molecule has 0 radical (unpaired) electrons. The third-order valence-electron chi connectivity index (χ3n) is 6.68. The molecule has 138 valence electrons. The average Bonchev–Trinajstić information content (AvgIpc) is 2.59. The second-order valence-corrected chi connectivity index (χ2v) is 10.1. The Hall–Kier alpha value is -1.27. The fraction of sp³-hybridized carbons (Fsp3) is 0.684. The zero-order chi connectivity index (χ0) is 17.8. The molecule has 4 saturated carbocycles. The van der Waals surface area contributed by atoms with Gasteiger partial charge in [0.2, 0.25) is 10.0 Å². The Labute approximate surface area is 150 Å². The minimum absolute atomic E-state index is 0.210. The maximum Gasteiger partial charge on any atom is 0.247 e. The molecule has 0 saturated heterocycles. The number of methoxy groups -OCH3 is 2. The van der Waals surface area contributed by atoms with Crippen molar-refractivity contribution in [3.63, 3.8) is 0 Å².